The number of aromatic nitrogens is 2. The molecule has 0 bridgehead atoms. The van der Waals surface area contributed by atoms with Crippen LogP contribution in [-0.4, -0.2) is 22.2 Å². The Balaban J connectivity index is 0.00000147. The van der Waals surface area contributed by atoms with Gasteiger partial charge in [-0.1, -0.05) is 0 Å². The lowest BCUT2D eigenvalue weighted by Crippen LogP contribution is -2.11. The van der Waals surface area contributed by atoms with Gasteiger partial charge in [-0.25, -0.2) is 0 Å². The number of anilines is 2. The molecular formula is C14H17ClN4O. The summed E-state index contributed by atoms with van der Waals surface area (Å²) >= 11 is 0. The molecule has 1 amide bonds. The molecule has 1 aromatic heterocycles. The fourth-order valence-electron chi connectivity index (χ4n) is 2.25. The van der Waals surface area contributed by atoms with E-state index in [0.717, 1.165) is 30.9 Å². The maximum atomic E-state index is 12.1. The van der Waals surface area contributed by atoms with Gasteiger partial charge in [-0.3, -0.25) is 9.48 Å². The first kappa shape index (κ1) is 14.4. The maximum Gasteiger partial charge on any atom is 0.255 e. The second-order valence-corrected chi connectivity index (χ2v) is 4.59. The zero-order chi connectivity index (χ0) is 13.2. The second-order valence-electron chi connectivity index (χ2n) is 4.59. The summed E-state index contributed by atoms with van der Waals surface area (Å²) in [6.07, 6.45) is 4.47. The van der Waals surface area contributed by atoms with Gasteiger partial charge < -0.3 is 10.6 Å². The van der Waals surface area contributed by atoms with Crippen molar-refractivity contribution < 1.29 is 4.79 Å². The van der Waals surface area contributed by atoms with Crippen LogP contribution in [0.4, 0.5) is 11.4 Å². The van der Waals surface area contributed by atoms with E-state index in [0.29, 0.717) is 5.56 Å². The van der Waals surface area contributed by atoms with E-state index in [1.807, 2.05) is 31.3 Å². The van der Waals surface area contributed by atoms with Crippen LogP contribution in [0.15, 0.2) is 30.6 Å². The van der Waals surface area contributed by atoms with Gasteiger partial charge in [0.1, 0.15) is 0 Å². The third-order valence-electron chi connectivity index (χ3n) is 3.29. The van der Waals surface area contributed by atoms with Gasteiger partial charge in [-0.2, -0.15) is 5.10 Å². The van der Waals surface area contributed by atoms with E-state index < -0.39 is 0 Å². The van der Waals surface area contributed by atoms with Gasteiger partial charge >= 0.3 is 0 Å². The predicted molar refractivity (Wildman–Crippen MR) is 81.7 cm³/mol. The van der Waals surface area contributed by atoms with E-state index >= 15 is 0 Å². The number of benzene rings is 1. The summed E-state index contributed by atoms with van der Waals surface area (Å²) in [7, 11) is 0. The number of nitrogens with one attached hydrogen (secondary N) is 2. The number of nitrogens with zero attached hydrogens (tertiary/aromatic N) is 2. The highest BCUT2D eigenvalue weighted by Crippen LogP contribution is 2.23. The van der Waals surface area contributed by atoms with Crippen LogP contribution in [-0.2, 0) is 13.0 Å². The molecule has 2 aromatic rings. The highest BCUT2D eigenvalue weighted by molar-refractivity contribution is 6.04. The van der Waals surface area contributed by atoms with Gasteiger partial charge in [0, 0.05) is 30.5 Å². The van der Waals surface area contributed by atoms with Crippen molar-refractivity contribution in [1.29, 1.82) is 0 Å². The summed E-state index contributed by atoms with van der Waals surface area (Å²) in [5, 5.41) is 10.3. The number of carbonyl (C=O) groups is 1. The summed E-state index contributed by atoms with van der Waals surface area (Å²) < 4.78 is 1.78. The van der Waals surface area contributed by atoms with Crippen molar-refractivity contribution in [3.63, 3.8) is 0 Å². The van der Waals surface area contributed by atoms with E-state index in [1.54, 1.807) is 10.9 Å². The molecule has 0 saturated carbocycles. The molecule has 20 heavy (non-hydrogen) atoms. The third-order valence-corrected chi connectivity index (χ3v) is 3.29. The van der Waals surface area contributed by atoms with Crippen molar-refractivity contribution in [2.75, 3.05) is 17.2 Å². The molecule has 0 spiro atoms. The molecule has 6 heteroatoms. The molecule has 1 aliphatic heterocycles. The van der Waals surface area contributed by atoms with Crippen LogP contribution in [0.1, 0.15) is 22.8 Å². The number of hydrogen-bond donors (Lipinski definition) is 2. The molecule has 106 valence electrons. The third kappa shape index (κ3) is 2.77. The maximum absolute atomic E-state index is 12.1. The van der Waals surface area contributed by atoms with E-state index in [9.17, 15) is 4.79 Å². The Kier molecular flexibility index (Phi) is 4.29. The lowest BCUT2D eigenvalue weighted by molar-refractivity contribution is 0.102. The van der Waals surface area contributed by atoms with Crippen molar-refractivity contribution in [3.05, 3.63) is 41.7 Å². The van der Waals surface area contributed by atoms with Crippen LogP contribution >= 0.6 is 12.4 Å². The van der Waals surface area contributed by atoms with Crippen LogP contribution in [0.3, 0.4) is 0 Å². The fourth-order valence-corrected chi connectivity index (χ4v) is 2.25. The number of halogens is 1. The number of amides is 1. The molecule has 1 aliphatic rings. The average Bonchev–Trinajstić information content (AvgIpc) is 3.05. The predicted octanol–water partition coefficient (Wildman–Crippen LogP) is 2.55. The summed E-state index contributed by atoms with van der Waals surface area (Å²) in [4.78, 5) is 12.1. The Morgan fingerprint density at radius 2 is 2.35 bits per heavy atom. The summed E-state index contributed by atoms with van der Waals surface area (Å²) in [5.74, 6) is -0.0923. The minimum atomic E-state index is -0.0923. The molecular weight excluding hydrogens is 276 g/mol. The summed E-state index contributed by atoms with van der Waals surface area (Å²) in [5.41, 5.74) is 3.75. The zero-order valence-corrected chi connectivity index (χ0v) is 12.0. The molecule has 0 radical (unpaired) electrons. The van der Waals surface area contributed by atoms with Crippen molar-refractivity contribution in [1.82, 2.24) is 9.78 Å². The largest absolute Gasteiger partial charge is 0.384 e. The van der Waals surface area contributed by atoms with Crippen LogP contribution in [0, 0.1) is 0 Å². The van der Waals surface area contributed by atoms with Crippen molar-refractivity contribution in [3.8, 4) is 0 Å². The first-order valence-electron chi connectivity index (χ1n) is 6.47. The minimum absolute atomic E-state index is 0. The van der Waals surface area contributed by atoms with Crippen LogP contribution in [0.25, 0.3) is 0 Å². The number of fused-ring (bicyclic) bond motifs is 1. The minimum Gasteiger partial charge on any atom is -0.384 e. The first-order chi connectivity index (χ1) is 9.26. The molecule has 2 N–H and O–H groups in total. The standard InChI is InChI=1S/C14H16N4O.ClH/c1-2-18-9-12(8-16-18)17-14(19)11-3-4-13-10(7-11)5-6-15-13;/h3-4,7-9,15H,2,5-6H2,1H3,(H,17,19);1H. The van der Waals surface area contributed by atoms with E-state index in [2.05, 4.69) is 15.7 Å². The molecule has 5 nitrogen and oxygen atoms in total. The smallest absolute Gasteiger partial charge is 0.255 e. The second kappa shape index (κ2) is 5.96. The Labute approximate surface area is 123 Å². The number of hydrogen-bond acceptors (Lipinski definition) is 3. The topological polar surface area (TPSA) is 59.0 Å². The van der Waals surface area contributed by atoms with Gasteiger partial charge in [0.25, 0.3) is 5.91 Å². The van der Waals surface area contributed by atoms with Gasteiger partial charge in [-0.05, 0) is 37.1 Å². The van der Waals surface area contributed by atoms with Crippen LogP contribution in [0.2, 0.25) is 0 Å². The quantitative estimate of drug-likeness (QED) is 0.914. The van der Waals surface area contributed by atoms with Crippen LogP contribution in [0.5, 0.6) is 0 Å². The number of aryl methyl sites for hydroxylation is 1. The Bertz CT molecular complexity index is 623. The lowest BCUT2D eigenvalue weighted by atomic mass is 10.1. The van der Waals surface area contributed by atoms with Gasteiger partial charge in [-0.15, -0.1) is 12.4 Å². The van der Waals surface area contributed by atoms with E-state index in [4.69, 9.17) is 0 Å². The Morgan fingerprint density at radius 1 is 1.50 bits per heavy atom. The first-order valence-corrected chi connectivity index (χ1v) is 6.47. The Morgan fingerprint density at radius 3 is 3.10 bits per heavy atom. The molecule has 3 rings (SSSR count). The average molecular weight is 293 g/mol. The van der Waals surface area contributed by atoms with E-state index in [-0.39, 0.29) is 18.3 Å². The fraction of sp³-hybridized carbons (Fsp3) is 0.286. The molecule has 0 unspecified atom stereocenters. The zero-order valence-electron chi connectivity index (χ0n) is 11.2. The number of rotatable bonds is 3. The SMILES string of the molecule is CCn1cc(NC(=O)c2ccc3c(c2)CCN3)cn1.Cl. The van der Waals surface area contributed by atoms with Gasteiger partial charge in [0.05, 0.1) is 11.9 Å². The van der Waals surface area contributed by atoms with Gasteiger partial charge in [0.2, 0.25) is 0 Å². The van der Waals surface area contributed by atoms with Gasteiger partial charge in [0.15, 0.2) is 0 Å². The monoisotopic (exact) mass is 292 g/mol. The highest BCUT2D eigenvalue weighted by atomic mass is 35.5. The van der Waals surface area contributed by atoms with E-state index in [1.165, 1.54) is 5.56 Å². The lowest BCUT2D eigenvalue weighted by Gasteiger charge is -2.05. The van der Waals surface area contributed by atoms with Crippen molar-refractivity contribution in [2.45, 2.75) is 19.9 Å². The summed E-state index contributed by atoms with van der Waals surface area (Å²) in [6, 6.07) is 5.76. The van der Waals surface area contributed by atoms with Crippen molar-refractivity contribution in [2.24, 2.45) is 0 Å². The molecule has 0 fully saturated rings. The highest BCUT2D eigenvalue weighted by Gasteiger charge is 2.13. The molecule has 0 aliphatic carbocycles. The molecule has 2 heterocycles. The van der Waals surface area contributed by atoms with Crippen molar-refractivity contribution >= 4 is 29.7 Å². The van der Waals surface area contributed by atoms with Crippen LogP contribution < -0.4 is 10.6 Å². The molecule has 0 saturated heterocycles. The normalized spacial score (nSPS) is 12.2. The number of carbonyl (C=O) groups excluding carboxylic acids is 1. The summed E-state index contributed by atoms with van der Waals surface area (Å²) in [6.45, 7) is 3.75. The molecule has 0 atom stereocenters. The Hall–Kier alpha value is -2.01. The molecule has 1 aromatic carbocycles.